The van der Waals surface area contributed by atoms with Crippen LogP contribution < -0.4 is 0 Å². The van der Waals surface area contributed by atoms with Crippen molar-refractivity contribution in [1.82, 2.24) is 0 Å². The summed E-state index contributed by atoms with van der Waals surface area (Å²) in [5.74, 6) is -0.0134. The quantitative estimate of drug-likeness (QED) is 0.0344. The first-order chi connectivity index (χ1) is 30.4. The lowest BCUT2D eigenvalue weighted by atomic mass is 10.0. The first-order valence-corrected chi connectivity index (χ1v) is 27.9. The molecule has 0 aliphatic carbocycles. The van der Waals surface area contributed by atoms with Crippen LogP contribution in [0, 0.1) is 5.92 Å². The number of hydrogen-bond donors (Lipinski definition) is 0. The fourth-order valence-corrected chi connectivity index (χ4v) is 8.57. The molecule has 0 unspecified atom stereocenters. The van der Waals surface area contributed by atoms with E-state index in [0.717, 1.165) is 63.7 Å². The zero-order chi connectivity index (χ0) is 45.2. The van der Waals surface area contributed by atoms with Crippen molar-refractivity contribution in [2.75, 3.05) is 13.2 Å². The molecular formula is C56H108O6. The summed E-state index contributed by atoms with van der Waals surface area (Å²) in [5, 5.41) is 0. The summed E-state index contributed by atoms with van der Waals surface area (Å²) in [6, 6.07) is 0. The molecular weight excluding hydrogens is 769 g/mol. The summed E-state index contributed by atoms with van der Waals surface area (Å²) >= 11 is 0. The lowest BCUT2D eigenvalue weighted by Gasteiger charge is -2.18. The number of carbonyl (C=O) groups is 3. The summed E-state index contributed by atoms with van der Waals surface area (Å²) in [6.45, 7) is 9.03. The van der Waals surface area contributed by atoms with Gasteiger partial charge in [-0.15, -0.1) is 0 Å². The highest BCUT2D eigenvalue weighted by molar-refractivity contribution is 5.71. The minimum absolute atomic E-state index is 0.0625. The molecule has 0 spiro atoms. The molecule has 0 N–H and O–H groups in total. The first-order valence-electron chi connectivity index (χ1n) is 27.9. The molecule has 0 aliphatic rings. The fourth-order valence-electron chi connectivity index (χ4n) is 8.57. The number of ether oxygens (including phenoxy) is 3. The average molecular weight is 877 g/mol. The van der Waals surface area contributed by atoms with Gasteiger partial charge in [-0.05, 0) is 25.2 Å². The Labute approximate surface area is 387 Å². The minimum Gasteiger partial charge on any atom is -0.462 e. The smallest absolute Gasteiger partial charge is 0.306 e. The van der Waals surface area contributed by atoms with Crippen molar-refractivity contribution < 1.29 is 28.6 Å². The zero-order valence-corrected chi connectivity index (χ0v) is 42.3. The van der Waals surface area contributed by atoms with E-state index in [9.17, 15) is 14.4 Å². The van der Waals surface area contributed by atoms with Gasteiger partial charge in [-0.1, -0.05) is 278 Å². The van der Waals surface area contributed by atoms with E-state index in [-0.39, 0.29) is 31.1 Å². The standard InChI is InChI=1S/C56H108O6/c1-5-7-9-11-13-15-17-18-19-20-21-22-23-24-28-33-37-41-45-49-56(59)62-53(50-60-54(57)47-43-39-35-31-26-16-14-12-10-8-6-2)51-61-55(58)48-44-40-36-32-29-25-27-30-34-38-42-46-52(3)4/h52-53H,5-51H2,1-4H3/t53-/m1/s1. The van der Waals surface area contributed by atoms with Gasteiger partial charge >= 0.3 is 17.9 Å². The largest absolute Gasteiger partial charge is 0.462 e. The SMILES string of the molecule is CCCCCCCCCCCCCCCCCCCCCC(=O)O[C@H](COC(=O)CCCCCCCCCCCCC)COC(=O)CCCCCCCCCCCCCC(C)C. The van der Waals surface area contributed by atoms with Crippen molar-refractivity contribution in [1.29, 1.82) is 0 Å². The number of carbonyl (C=O) groups excluding carboxylic acids is 3. The van der Waals surface area contributed by atoms with Gasteiger partial charge in [0.2, 0.25) is 0 Å². The highest BCUT2D eigenvalue weighted by atomic mass is 16.6. The Kier molecular flexibility index (Phi) is 49.1. The van der Waals surface area contributed by atoms with Gasteiger partial charge in [0.05, 0.1) is 0 Å². The van der Waals surface area contributed by atoms with Gasteiger partial charge in [-0.25, -0.2) is 0 Å². The number of unbranched alkanes of at least 4 members (excludes halogenated alkanes) is 38. The van der Waals surface area contributed by atoms with Gasteiger partial charge in [-0.3, -0.25) is 14.4 Å². The molecule has 6 nitrogen and oxygen atoms in total. The maximum atomic E-state index is 12.8. The lowest BCUT2D eigenvalue weighted by molar-refractivity contribution is -0.167. The Bertz CT molecular complexity index is 933. The maximum Gasteiger partial charge on any atom is 0.306 e. The Balaban J connectivity index is 4.26. The summed E-state index contributed by atoms with van der Waals surface area (Å²) in [7, 11) is 0. The molecule has 0 aromatic carbocycles. The van der Waals surface area contributed by atoms with Crippen molar-refractivity contribution in [2.24, 2.45) is 5.92 Å². The topological polar surface area (TPSA) is 78.9 Å². The molecule has 6 heteroatoms. The molecule has 0 amide bonds. The Hall–Kier alpha value is -1.59. The van der Waals surface area contributed by atoms with Crippen LogP contribution in [-0.4, -0.2) is 37.2 Å². The normalized spacial score (nSPS) is 12.0. The van der Waals surface area contributed by atoms with E-state index >= 15 is 0 Å². The van der Waals surface area contributed by atoms with E-state index in [1.165, 1.54) is 212 Å². The van der Waals surface area contributed by atoms with Crippen molar-refractivity contribution >= 4 is 17.9 Å². The van der Waals surface area contributed by atoms with Gasteiger partial charge < -0.3 is 14.2 Å². The van der Waals surface area contributed by atoms with Crippen LogP contribution in [0.3, 0.4) is 0 Å². The predicted octanol–water partition coefficient (Wildman–Crippen LogP) is 18.2. The molecule has 0 bridgehead atoms. The van der Waals surface area contributed by atoms with E-state index in [0.29, 0.717) is 19.3 Å². The second kappa shape index (κ2) is 50.4. The maximum absolute atomic E-state index is 12.8. The van der Waals surface area contributed by atoms with Crippen LogP contribution in [0.2, 0.25) is 0 Å². The van der Waals surface area contributed by atoms with Crippen LogP contribution in [0.1, 0.15) is 317 Å². The van der Waals surface area contributed by atoms with Gasteiger partial charge in [0, 0.05) is 19.3 Å². The molecule has 0 saturated heterocycles. The molecule has 0 aliphatic heterocycles. The Morgan fingerprint density at radius 3 is 0.790 bits per heavy atom. The van der Waals surface area contributed by atoms with Crippen LogP contribution >= 0.6 is 0 Å². The summed E-state index contributed by atoms with van der Waals surface area (Å²) in [5.41, 5.74) is 0. The Morgan fingerprint density at radius 1 is 0.306 bits per heavy atom. The van der Waals surface area contributed by atoms with Crippen LogP contribution in [0.5, 0.6) is 0 Å². The fraction of sp³-hybridized carbons (Fsp3) is 0.946. The van der Waals surface area contributed by atoms with E-state index in [1.807, 2.05) is 0 Å². The molecule has 0 saturated carbocycles. The second-order valence-electron chi connectivity index (χ2n) is 19.7. The summed E-state index contributed by atoms with van der Waals surface area (Å²) in [4.78, 5) is 38.0. The van der Waals surface area contributed by atoms with E-state index in [1.54, 1.807) is 0 Å². The summed E-state index contributed by atoms with van der Waals surface area (Å²) < 4.78 is 16.8. The van der Waals surface area contributed by atoms with Gasteiger partial charge in [0.1, 0.15) is 13.2 Å². The minimum atomic E-state index is -0.761. The molecule has 0 heterocycles. The van der Waals surface area contributed by atoms with Crippen LogP contribution in [0.15, 0.2) is 0 Å². The number of hydrogen-bond acceptors (Lipinski definition) is 6. The van der Waals surface area contributed by atoms with Gasteiger partial charge in [0.15, 0.2) is 6.10 Å². The van der Waals surface area contributed by atoms with Gasteiger partial charge in [-0.2, -0.15) is 0 Å². The van der Waals surface area contributed by atoms with Crippen molar-refractivity contribution in [2.45, 2.75) is 323 Å². The number of esters is 3. The molecule has 0 rings (SSSR count). The molecule has 1 atom stereocenters. The first kappa shape index (κ1) is 60.4. The molecule has 0 fully saturated rings. The molecule has 0 aromatic heterocycles. The van der Waals surface area contributed by atoms with Crippen molar-refractivity contribution in [3.05, 3.63) is 0 Å². The van der Waals surface area contributed by atoms with Crippen LogP contribution in [0.4, 0.5) is 0 Å². The highest BCUT2D eigenvalue weighted by Gasteiger charge is 2.19. The van der Waals surface area contributed by atoms with E-state index in [2.05, 4.69) is 27.7 Å². The summed E-state index contributed by atoms with van der Waals surface area (Å²) in [6.07, 6.45) is 53.8. The number of rotatable bonds is 51. The van der Waals surface area contributed by atoms with Crippen LogP contribution in [-0.2, 0) is 28.6 Å². The van der Waals surface area contributed by atoms with Crippen molar-refractivity contribution in [3.8, 4) is 0 Å². The third kappa shape index (κ3) is 49.4. The van der Waals surface area contributed by atoms with Crippen molar-refractivity contribution in [3.63, 3.8) is 0 Å². The molecule has 368 valence electrons. The third-order valence-corrected chi connectivity index (χ3v) is 12.8. The van der Waals surface area contributed by atoms with Crippen LogP contribution in [0.25, 0.3) is 0 Å². The Morgan fingerprint density at radius 2 is 0.532 bits per heavy atom. The lowest BCUT2D eigenvalue weighted by Crippen LogP contribution is -2.30. The average Bonchev–Trinajstić information content (AvgIpc) is 3.26. The predicted molar refractivity (Wildman–Crippen MR) is 266 cm³/mol. The highest BCUT2D eigenvalue weighted by Crippen LogP contribution is 2.18. The van der Waals surface area contributed by atoms with E-state index < -0.39 is 6.10 Å². The molecule has 0 radical (unpaired) electrons. The molecule has 62 heavy (non-hydrogen) atoms. The zero-order valence-electron chi connectivity index (χ0n) is 42.3. The van der Waals surface area contributed by atoms with E-state index in [4.69, 9.17) is 14.2 Å². The monoisotopic (exact) mass is 877 g/mol. The third-order valence-electron chi connectivity index (χ3n) is 12.8. The molecule has 0 aromatic rings. The van der Waals surface area contributed by atoms with Gasteiger partial charge in [0.25, 0.3) is 0 Å². The second-order valence-corrected chi connectivity index (χ2v) is 19.7.